The van der Waals surface area contributed by atoms with Gasteiger partial charge in [0, 0.05) is 23.5 Å². The van der Waals surface area contributed by atoms with E-state index in [1.807, 2.05) is 12.1 Å². The maximum absolute atomic E-state index is 13.1. The van der Waals surface area contributed by atoms with E-state index in [0.717, 1.165) is 32.7 Å². The van der Waals surface area contributed by atoms with Crippen molar-refractivity contribution in [1.29, 1.82) is 0 Å². The molecule has 6 heteroatoms. The predicted octanol–water partition coefficient (Wildman–Crippen LogP) is 0.584. The van der Waals surface area contributed by atoms with Gasteiger partial charge in [0.1, 0.15) is 39.3 Å². The van der Waals surface area contributed by atoms with Crippen molar-refractivity contribution in [3.8, 4) is 0 Å². The van der Waals surface area contributed by atoms with Crippen molar-refractivity contribution < 1.29 is 23.0 Å². The molecule has 0 unspecified atom stereocenters. The molecule has 2 N–H and O–H groups in total. The van der Waals surface area contributed by atoms with Gasteiger partial charge >= 0.3 is 6.18 Å². The summed E-state index contributed by atoms with van der Waals surface area (Å²) < 4.78 is 39.3. The van der Waals surface area contributed by atoms with Gasteiger partial charge in [0.2, 0.25) is 0 Å². The number of hydrogen-bond donors (Lipinski definition) is 2. The first-order valence-electron chi connectivity index (χ1n) is 8.23. The minimum absolute atomic E-state index is 0.401. The highest BCUT2D eigenvalue weighted by Gasteiger charge is 2.34. The lowest BCUT2D eigenvalue weighted by Crippen LogP contribution is -3.27. The van der Waals surface area contributed by atoms with Gasteiger partial charge < -0.3 is 9.80 Å². The summed E-state index contributed by atoms with van der Waals surface area (Å²) in [5.74, 6) is 0. The zero-order valence-corrected chi connectivity index (χ0v) is 13.4. The van der Waals surface area contributed by atoms with Crippen LogP contribution in [0.25, 0.3) is 0 Å². The minimum Gasteiger partial charge on any atom is -0.322 e. The SMILES string of the molecule is FC(F)(F)c1ccccc1C[NH+]1CC[NH+](Cc2ccncc2)CC1. The van der Waals surface area contributed by atoms with E-state index in [1.165, 1.54) is 27.5 Å². The van der Waals surface area contributed by atoms with Crippen LogP contribution in [-0.2, 0) is 19.3 Å². The molecule has 0 bridgehead atoms. The van der Waals surface area contributed by atoms with Crippen LogP contribution in [0, 0.1) is 0 Å². The smallest absolute Gasteiger partial charge is 0.322 e. The van der Waals surface area contributed by atoms with Crippen molar-refractivity contribution in [2.45, 2.75) is 19.3 Å². The fraction of sp³-hybridized carbons (Fsp3) is 0.389. The van der Waals surface area contributed by atoms with Gasteiger partial charge in [0.25, 0.3) is 0 Å². The predicted molar refractivity (Wildman–Crippen MR) is 84.5 cm³/mol. The van der Waals surface area contributed by atoms with Crippen LogP contribution in [-0.4, -0.2) is 31.2 Å². The van der Waals surface area contributed by atoms with E-state index in [1.54, 1.807) is 24.5 Å². The Balaban J connectivity index is 1.56. The largest absolute Gasteiger partial charge is 0.416 e. The molecular weight excluding hydrogens is 315 g/mol. The first kappa shape index (κ1) is 16.9. The zero-order chi connectivity index (χ0) is 17.0. The Hall–Kier alpha value is -1.92. The molecule has 1 aliphatic heterocycles. The molecule has 0 aliphatic carbocycles. The van der Waals surface area contributed by atoms with Gasteiger partial charge in [-0.25, -0.2) is 0 Å². The molecule has 24 heavy (non-hydrogen) atoms. The molecule has 0 amide bonds. The highest BCUT2D eigenvalue weighted by atomic mass is 19.4. The molecule has 2 aromatic rings. The number of quaternary nitrogens is 2. The highest BCUT2D eigenvalue weighted by Crippen LogP contribution is 2.31. The van der Waals surface area contributed by atoms with Crippen molar-refractivity contribution >= 4 is 0 Å². The van der Waals surface area contributed by atoms with Crippen molar-refractivity contribution in [1.82, 2.24) is 4.98 Å². The summed E-state index contributed by atoms with van der Waals surface area (Å²) >= 11 is 0. The molecule has 1 saturated heterocycles. The number of halogens is 3. The van der Waals surface area contributed by atoms with Crippen LogP contribution in [0.3, 0.4) is 0 Å². The second kappa shape index (κ2) is 7.32. The summed E-state index contributed by atoms with van der Waals surface area (Å²) in [4.78, 5) is 6.73. The Morgan fingerprint density at radius 1 is 0.833 bits per heavy atom. The first-order valence-corrected chi connectivity index (χ1v) is 8.23. The maximum Gasteiger partial charge on any atom is 0.416 e. The highest BCUT2D eigenvalue weighted by molar-refractivity contribution is 5.28. The van der Waals surface area contributed by atoms with Crippen molar-refractivity contribution in [2.75, 3.05) is 26.2 Å². The second-order valence-electron chi connectivity index (χ2n) is 6.36. The van der Waals surface area contributed by atoms with Gasteiger partial charge in [-0.05, 0) is 18.2 Å². The van der Waals surface area contributed by atoms with E-state index in [9.17, 15) is 13.2 Å². The summed E-state index contributed by atoms with van der Waals surface area (Å²) in [6.45, 7) is 5.14. The third kappa shape index (κ3) is 4.33. The molecule has 3 nitrogen and oxygen atoms in total. The summed E-state index contributed by atoms with van der Waals surface area (Å²) in [7, 11) is 0. The second-order valence-corrected chi connectivity index (χ2v) is 6.36. The summed E-state index contributed by atoms with van der Waals surface area (Å²) in [6.07, 6.45) is -0.681. The quantitative estimate of drug-likeness (QED) is 0.837. The molecule has 128 valence electrons. The van der Waals surface area contributed by atoms with Crippen LogP contribution < -0.4 is 9.80 Å². The first-order chi connectivity index (χ1) is 11.5. The van der Waals surface area contributed by atoms with Crippen LogP contribution in [0.15, 0.2) is 48.8 Å². The van der Waals surface area contributed by atoms with Crippen LogP contribution in [0.1, 0.15) is 16.7 Å². The summed E-state index contributed by atoms with van der Waals surface area (Å²) in [5.41, 5.74) is 1.16. The molecule has 1 aromatic heterocycles. The van der Waals surface area contributed by atoms with Crippen molar-refractivity contribution in [3.63, 3.8) is 0 Å². The Labute approximate surface area is 139 Å². The van der Waals surface area contributed by atoms with E-state index in [0.29, 0.717) is 12.1 Å². The normalized spacial score (nSPS) is 21.6. The van der Waals surface area contributed by atoms with Gasteiger partial charge in [-0.1, -0.05) is 18.2 Å². The van der Waals surface area contributed by atoms with Gasteiger partial charge in [-0.15, -0.1) is 0 Å². The number of rotatable bonds is 4. The number of nitrogens with zero attached hydrogens (tertiary/aromatic N) is 1. The number of piperazine rings is 1. The van der Waals surface area contributed by atoms with Crippen LogP contribution in [0.2, 0.25) is 0 Å². The van der Waals surface area contributed by atoms with Crippen LogP contribution in [0.4, 0.5) is 13.2 Å². The Bertz CT molecular complexity index is 650. The molecule has 3 rings (SSSR count). The molecule has 1 fully saturated rings. The molecule has 1 aliphatic rings. The summed E-state index contributed by atoms with van der Waals surface area (Å²) in [6, 6.07) is 9.97. The average molecular weight is 337 g/mol. The fourth-order valence-electron chi connectivity index (χ4n) is 3.32. The lowest BCUT2D eigenvalue weighted by atomic mass is 10.1. The Kier molecular flexibility index (Phi) is 5.16. The molecule has 0 saturated carbocycles. The third-order valence-electron chi connectivity index (χ3n) is 4.63. The summed E-state index contributed by atoms with van der Waals surface area (Å²) in [5, 5.41) is 0. The maximum atomic E-state index is 13.1. The molecule has 0 spiro atoms. The number of pyridine rings is 1. The molecule has 2 heterocycles. The lowest BCUT2D eigenvalue weighted by Gasteiger charge is -2.30. The number of alkyl halides is 3. The van der Waals surface area contributed by atoms with Gasteiger partial charge in [0.05, 0.1) is 5.56 Å². The molecule has 1 aromatic carbocycles. The Morgan fingerprint density at radius 3 is 2.04 bits per heavy atom. The lowest BCUT2D eigenvalue weighted by molar-refractivity contribution is -1.02. The Morgan fingerprint density at radius 2 is 1.42 bits per heavy atom. The average Bonchev–Trinajstić information content (AvgIpc) is 2.57. The van der Waals surface area contributed by atoms with E-state index in [4.69, 9.17) is 0 Å². The van der Waals surface area contributed by atoms with E-state index in [-0.39, 0.29) is 0 Å². The zero-order valence-electron chi connectivity index (χ0n) is 13.4. The van der Waals surface area contributed by atoms with E-state index < -0.39 is 11.7 Å². The van der Waals surface area contributed by atoms with Crippen LogP contribution in [0.5, 0.6) is 0 Å². The van der Waals surface area contributed by atoms with Gasteiger partial charge in [0.15, 0.2) is 0 Å². The molecule has 0 radical (unpaired) electrons. The van der Waals surface area contributed by atoms with Gasteiger partial charge in [-0.3, -0.25) is 4.98 Å². The standard InChI is InChI=1S/C18H20F3N3/c19-18(20,21)17-4-2-1-3-16(17)14-24-11-9-23(10-12-24)13-15-5-7-22-8-6-15/h1-8H,9-14H2/p+2. The molecular formula is C18H22F3N3+2. The molecule has 0 atom stereocenters. The van der Waals surface area contributed by atoms with Crippen molar-refractivity contribution in [2.24, 2.45) is 0 Å². The number of hydrogen-bond acceptors (Lipinski definition) is 1. The van der Waals surface area contributed by atoms with Crippen molar-refractivity contribution in [3.05, 3.63) is 65.5 Å². The monoisotopic (exact) mass is 337 g/mol. The number of nitrogens with one attached hydrogen (secondary N) is 2. The number of aromatic nitrogens is 1. The van der Waals surface area contributed by atoms with E-state index >= 15 is 0 Å². The van der Waals surface area contributed by atoms with Gasteiger partial charge in [-0.2, -0.15) is 13.2 Å². The number of benzene rings is 1. The topological polar surface area (TPSA) is 21.8 Å². The van der Waals surface area contributed by atoms with E-state index in [2.05, 4.69) is 4.98 Å². The fourth-order valence-corrected chi connectivity index (χ4v) is 3.32. The van der Waals surface area contributed by atoms with Crippen LogP contribution >= 0.6 is 0 Å². The minimum atomic E-state index is -4.27. The third-order valence-corrected chi connectivity index (χ3v) is 4.63.